The van der Waals surface area contributed by atoms with Crippen molar-refractivity contribution in [3.05, 3.63) is 29.8 Å². The highest BCUT2D eigenvalue weighted by atomic mass is 35.5. The lowest BCUT2D eigenvalue weighted by Crippen LogP contribution is -2.36. The molecule has 0 aliphatic heterocycles. The molecule has 0 heterocycles. The zero-order valence-electron chi connectivity index (χ0n) is 16.6. The summed E-state index contributed by atoms with van der Waals surface area (Å²) in [6.07, 6.45) is 1.93. The Morgan fingerprint density at radius 2 is 1.63 bits per heavy atom. The maximum Gasteiger partial charge on any atom is 0.307 e. The summed E-state index contributed by atoms with van der Waals surface area (Å²) in [6.45, 7) is 9.38. The summed E-state index contributed by atoms with van der Waals surface area (Å²) < 4.78 is 5.49. The lowest BCUT2D eigenvalue weighted by molar-refractivity contribution is -0.157. The maximum atomic E-state index is 12.0. The molecule has 0 radical (unpaired) electrons. The van der Waals surface area contributed by atoms with Gasteiger partial charge in [-0.25, -0.2) is 0 Å². The first-order valence-electron chi connectivity index (χ1n) is 9.45. The summed E-state index contributed by atoms with van der Waals surface area (Å²) in [7, 11) is 0. The van der Waals surface area contributed by atoms with Crippen molar-refractivity contribution in [3.8, 4) is 0 Å². The Morgan fingerprint density at radius 3 is 2.11 bits per heavy atom. The largest absolute Gasteiger partial charge is 0.447 e. The van der Waals surface area contributed by atoms with Crippen LogP contribution in [0.3, 0.4) is 0 Å². The number of ether oxygens (including phenoxy) is 1. The molecule has 0 N–H and O–H groups in total. The second-order valence-corrected chi connectivity index (χ2v) is 6.95. The van der Waals surface area contributed by atoms with Crippen LogP contribution >= 0.6 is 35.6 Å². The van der Waals surface area contributed by atoms with Gasteiger partial charge in [0.25, 0.3) is 0 Å². The average Bonchev–Trinajstić information content (AvgIpc) is 2.63. The van der Waals surface area contributed by atoms with Crippen molar-refractivity contribution in [1.82, 2.24) is 4.90 Å². The molecule has 1 aromatic rings. The lowest BCUT2D eigenvalue weighted by atomic mass is 10.1. The fourth-order valence-corrected chi connectivity index (χ4v) is 3.35. The van der Waals surface area contributed by atoms with Crippen molar-refractivity contribution in [3.63, 3.8) is 0 Å². The number of rotatable bonds is 13. The van der Waals surface area contributed by atoms with Gasteiger partial charge in [-0.3, -0.25) is 9.69 Å². The van der Waals surface area contributed by atoms with Crippen molar-refractivity contribution < 1.29 is 9.53 Å². The van der Waals surface area contributed by atoms with Crippen LogP contribution in [0.25, 0.3) is 0 Å². The monoisotopic (exact) mass is 438 g/mol. The van der Waals surface area contributed by atoms with E-state index in [1.165, 1.54) is 5.56 Å². The van der Waals surface area contributed by atoms with Crippen LogP contribution in [-0.2, 0) is 16.0 Å². The van der Waals surface area contributed by atoms with Gasteiger partial charge >= 0.3 is 5.97 Å². The Hall–Kier alpha value is -0.680. The van der Waals surface area contributed by atoms with Crippen LogP contribution in [0.15, 0.2) is 24.3 Å². The van der Waals surface area contributed by atoms with Crippen LogP contribution in [0, 0.1) is 0 Å². The fraction of sp³-hybridized carbons (Fsp3) is 0.650. The van der Waals surface area contributed by atoms with Crippen LogP contribution in [0.2, 0.25) is 0 Å². The molecule has 0 spiro atoms. The van der Waals surface area contributed by atoms with E-state index in [4.69, 9.17) is 27.9 Å². The van der Waals surface area contributed by atoms with E-state index in [-0.39, 0.29) is 24.6 Å². The number of esters is 1. The van der Waals surface area contributed by atoms with E-state index in [1.54, 1.807) is 0 Å². The van der Waals surface area contributed by atoms with E-state index in [0.717, 1.165) is 44.7 Å². The molecule has 0 amide bonds. The number of halogens is 3. The molecule has 1 unspecified atom stereocenters. The van der Waals surface area contributed by atoms with Crippen molar-refractivity contribution in [1.29, 1.82) is 0 Å². The van der Waals surface area contributed by atoms with Crippen molar-refractivity contribution >= 4 is 47.3 Å². The van der Waals surface area contributed by atoms with Crippen LogP contribution in [0.5, 0.6) is 0 Å². The van der Waals surface area contributed by atoms with Gasteiger partial charge in [-0.2, -0.15) is 0 Å². The zero-order valence-corrected chi connectivity index (χ0v) is 19.0. The van der Waals surface area contributed by atoms with Crippen LogP contribution < -0.4 is 4.90 Å². The molecule has 0 aliphatic rings. The van der Waals surface area contributed by atoms with Gasteiger partial charge in [0.05, 0.1) is 0 Å². The topological polar surface area (TPSA) is 32.8 Å². The zero-order chi connectivity index (χ0) is 19.4. The molecule has 4 nitrogen and oxygen atoms in total. The molecule has 1 atom stereocenters. The van der Waals surface area contributed by atoms with Gasteiger partial charge in [0, 0.05) is 37.0 Å². The quantitative estimate of drug-likeness (QED) is 0.247. The van der Waals surface area contributed by atoms with Crippen LogP contribution in [0.1, 0.15) is 39.2 Å². The highest BCUT2D eigenvalue weighted by Gasteiger charge is 2.14. The number of aryl methyl sites for hydroxylation is 1. The van der Waals surface area contributed by atoms with Gasteiger partial charge in [-0.1, -0.05) is 26.0 Å². The molecule has 0 saturated heterocycles. The molecule has 1 rings (SSSR count). The minimum Gasteiger partial charge on any atom is -0.447 e. The molecule has 27 heavy (non-hydrogen) atoms. The van der Waals surface area contributed by atoms with Gasteiger partial charge in [0.1, 0.15) is 0 Å². The number of benzene rings is 1. The number of carbonyl (C=O) groups excluding carboxylic acids is 1. The third-order valence-electron chi connectivity index (χ3n) is 4.49. The molecule has 0 fully saturated rings. The third-order valence-corrected chi connectivity index (χ3v) is 4.82. The summed E-state index contributed by atoms with van der Waals surface area (Å²) in [6, 6.07) is 8.40. The summed E-state index contributed by atoms with van der Waals surface area (Å²) in [4.78, 5) is 16.3. The molecule has 7 heteroatoms. The fourth-order valence-electron chi connectivity index (χ4n) is 2.95. The molecule has 1 aromatic carbocycles. The average molecular weight is 440 g/mol. The van der Waals surface area contributed by atoms with E-state index in [0.29, 0.717) is 18.2 Å². The molecule has 0 aliphatic carbocycles. The summed E-state index contributed by atoms with van der Waals surface area (Å²) in [5.74, 6) is 1.02. The van der Waals surface area contributed by atoms with Crippen LogP contribution in [0.4, 0.5) is 5.69 Å². The predicted molar refractivity (Wildman–Crippen MR) is 119 cm³/mol. The Balaban J connectivity index is 0.00000676. The molecular weight excluding hydrogens is 407 g/mol. The first kappa shape index (κ1) is 26.3. The van der Waals surface area contributed by atoms with E-state index < -0.39 is 0 Å². The van der Waals surface area contributed by atoms with Crippen molar-refractivity contribution in [2.24, 2.45) is 0 Å². The van der Waals surface area contributed by atoms with Crippen molar-refractivity contribution in [2.45, 2.75) is 46.3 Å². The SMILES string of the molecule is CCN(CC)C(C)OC(=O)CCCc1ccc(N(CCCl)CCCl)cc1.Cl. The normalized spacial score (nSPS) is 11.8. The van der Waals surface area contributed by atoms with Gasteiger partial charge in [0.2, 0.25) is 0 Å². The van der Waals surface area contributed by atoms with Gasteiger partial charge < -0.3 is 9.64 Å². The molecule has 156 valence electrons. The highest BCUT2D eigenvalue weighted by Crippen LogP contribution is 2.17. The van der Waals surface area contributed by atoms with E-state index in [2.05, 4.69) is 47.9 Å². The summed E-state index contributed by atoms with van der Waals surface area (Å²) >= 11 is 11.7. The number of anilines is 1. The second-order valence-electron chi connectivity index (χ2n) is 6.20. The number of hydrogen-bond acceptors (Lipinski definition) is 4. The molecule has 0 aromatic heterocycles. The molecule has 0 bridgehead atoms. The Kier molecular flexibility index (Phi) is 14.9. The summed E-state index contributed by atoms with van der Waals surface area (Å²) in [5, 5.41) is 0. The standard InChI is InChI=1S/C20H32Cl2N2O2.ClH/c1-4-23(5-2)17(3)26-20(25)8-6-7-18-9-11-19(12-10-18)24(15-13-21)16-14-22;/h9-12,17H,4-8,13-16H2,1-3H3;1H. The Morgan fingerprint density at radius 1 is 1.07 bits per heavy atom. The number of hydrogen-bond donors (Lipinski definition) is 0. The van der Waals surface area contributed by atoms with E-state index in [1.807, 2.05) is 6.92 Å². The van der Waals surface area contributed by atoms with Gasteiger partial charge in [-0.15, -0.1) is 35.6 Å². The van der Waals surface area contributed by atoms with Gasteiger partial charge in [-0.05, 0) is 50.6 Å². The number of alkyl halides is 2. The second kappa shape index (κ2) is 15.3. The molecular formula is C20H33Cl3N2O2. The smallest absolute Gasteiger partial charge is 0.307 e. The summed E-state index contributed by atoms with van der Waals surface area (Å²) in [5.41, 5.74) is 2.34. The first-order valence-corrected chi connectivity index (χ1v) is 10.5. The maximum absolute atomic E-state index is 12.0. The minimum absolute atomic E-state index is 0. The van der Waals surface area contributed by atoms with Crippen molar-refractivity contribution in [2.75, 3.05) is 42.8 Å². The lowest BCUT2D eigenvalue weighted by Gasteiger charge is -2.25. The van der Waals surface area contributed by atoms with Gasteiger partial charge in [0.15, 0.2) is 6.23 Å². The highest BCUT2D eigenvalue weighted by molar-refractivity contribution is 6.18. The Bertz CT molecular complexity index is 504. The predicted octanol–water partition coefficient (Wildman–Crippen LogP) is 4.95. The Labute approximate surface area is 180 Å². The first-order chi connectivity index (χ1) is 12.5. The van der Waals surface area contributed by atoms with Crippen LogP contribution in [-0.4, -0.2) is 55.0 Å². The number of carbonyl (C=O) groups is 1. The van der Waals surface area contributed by atoms with E-state index >= 15 is 0 Å². The van der Waals surface area contributed by atoms with E-state index in [9.17, 15) is 4.79 Å². The number of nitrogens with zero attached hydrogens (tertiary/aromatic N) is 2. The third kappa shape index (κ3) is 9.89. The molecule has 0 saturated carbocycles. The minimum atomic E-state index is -0.161.